The van der Waals surface area contributed by atoms with E-state index in [2.05, 4.69) is 0 Å². The molecular formula is C21H28N2O5S. The van der Waals surface area contributed by atoms with Crippen molar-refractivity contribution < 1.29 is 22.7 Å². The molecule has 158 valence electrons. The van der Waals surface area contributed by atoms with Gasteiger partial charge in [-0.1, -0.05) is 18.2 Å². The molecule has 0 radical (unpaired) electrons. The van der Waals surface area contributed by atoms with Crippen molar-refractivity contribution in [2.75, 3.05) is 20.3 Å². The summed E-state index contributed by atoms with van der Waals surface area (Å²) in [5.74, 6) is 1.34. The summed E-state index contributed by atoms with van der Waals surface area (Å²) in [6, 6.07) is 11.9. The van der Waals surface area contributed by atoms with Crippen LogP contribution < -0.4 is 14.6 Å². The molecule has 29 heavy (non-hydrogen) atoms. The number of methoxy groups -OCH3 is 1. The van der Waals surface area contributed by atoms with Crippen molar-refractivity contribution in [2.24, 2.45) is 5.14 Å². The van der Waals surface area contributed by atoms with Crippen LogP contribution in [0.25, 0.3) is 0 Å². The Morgan fingerprint density at radius 3 is 2.24 bits per heavy atom. The zero-order chi connectivity index (χ0) is 21.4. The van der Waals surface area contributed by atoms with E-state index >= 15 is 0 Å². The standard InChI is InChI=1S/C21H28N2O5S/c1-4-23(15-17-8-12-19(28-5-2)20(14-17)27-3)21(24)13-9-16-6-10-18(11-7-16)29(22,25)26/h6-8,10-12,14H,4-5,9,13,15H2,1-3H3,(H2,22,25,26). The first-order valence-corrected chi connectivity index (χ1v) is 11.0. The molecule has 0 aliphatic carbocycles. The van der Waals surface area contributed by atoms with E-state index in [-0.39, 0.29) is 10.8 Å². The molecule has 0 bridgehead atoms. The lowest BCUT2D eigenvalue weighted by molar-refractivity contribution is -0.131. The number of ether oxygens (including phenoxy) is 2. The van der Waals surface area contributed by atoms with Gasteiger partial charge in [-0.3, -0.25) is 4.79 Å². The molecule has 0 aliphatic heterocycles. The largest absolute Gasteiger partial charge is 0.493 e. The summed E-state index contributed by atoms with van der Waals surface area (Å²) in [6.07, 6.45) is 0.851. The molecule has 2 rings (SSSR count). The zero-order valence-corrected chi connectivity index (χ0v) is 17.9. The molecule has 0 heterocycles. The van der Waals surface area contributed by atoms with E-state index in [0.717, 1.165) is 11.1 Å². The Labute approximate surface area is 172 Å². The van der Waals surface area contributed by atoms with Crippen LogP contribution in [0.1, 0.15) is 31.4 Å². The highest BCUT2D eigenvalue weighted by molar-refractivity contribution is 7.89. The smallest absolute Gasteiger partial charge is 0.238 e. The summed E-state index contributed by atoms with van der Waals surface area (Å²) in [7, 11) is -2.12. The van der Waals surface area contributed by atoms with Crippen molar-refractivity contribution in [2.45, 2.75) is 38.1 Å². The van der Waals surface area contributed by atoms with Gasteiger partial charge in [-0.15, -0.1) is 0 Å². The van der Waals surface area contributed by atoms with Gasteiger partial charge < -0.3 is 14.4 Å². The van der Waals surface area contributed by atoms with E-state index in [9.17, 15) is 13.2 Å². The number of nitrogens with two attached hydrogens (primary N) is 1. The molecule has 0 fully saturated rings. The minimum absolute atomic E-state index is 0.0240. The van der Waals surface area contributed by atoms with Crippen LogP contribution in [0.2, 0.25) is 0 Å². The number of hydrogen-bond acceptors (Lipinski definition) is 5. The Hall–Kier alpha value is -2.58. The fourth-order valence-corrected chi connectivity index (χ4v) is 3.45. The highest BCUT2D eigenvalue weighted by atomic mass is 32.2. The number of sulfonamides is 1. The van der Waals surface area contributed by atoms with Crippen molar-refractivity contribution in [3.63, 3.8) is 0 Å². The highest BCUT2D eigenvalue weighted by Crippen LogP contribution is 2.28. The summed E-state index contributed by atoms with van der Waals surface area (Å²) in [4.78, 5) is 14.5. The quantitative estimate of drug-likeness (QED) is 0.637. The van der Waals surface area contributed by atoms with Crippen molar-refractivity contribution >= 4 is 15.9 Å². The second kappa shape index (κ2) is 10.3. The summed E-state index contributed by atoms with van der Waals surface area (Å²) < 4.78 is 33.5. The van der Waals surface area contributed by atoms with Crippen molar-refractivity contribution in [3.8, 4) is 11.5 Å². The number of benzene rings is 2. The maximum atomic E-state index is 12.7. The van der Waals surface area contributed by atoms with Crippen LogP contribution in [0.5, 0.6) is 11.5 Å². The second-order valence-electron chi connectivity index (χ2n) is 6.52. The Bertz CT molecular complexity index is 927. The number of rotatable bonds is 10. The van der Waals surface area contributed by atoms with E-state index in [4.69, 9.17) is 14.6 Å². The third-order valence-corrected chi connectivity index (χ3v) is 5.44. The number of primary sulfonamides is 1. The van der Waals surface area contributed by atoms with Crippen LogP contribution >= 0.6 is 0 Å². The predicted octanol–water partition coefficient (Wildman–Crippen LogP) is 2.72. The third-order valence-electron chi connectivity index (χ3n) is 4.52. The van der Waals surface area contributed by atoms with Gasteiger partial charge >= 0.3 is 0 Å². The molecule has 2 N–H and O–H groups in total. The molecule has 0 saturated heterocycles. The van der Waals surface area contributed by atoms with E-state index in [1.54, 1.807) is 24.1 Å². The number of carbonyl (C=O) groups is 1. The Balaban J connectivity index is 2.00. The Kier molecular flexibility index (Phi) is 8.04. The van der Waals surface area contributed by atoms with Gasteiger partial charge in [-0.2, -0.15) is 0 Å². The van der Waals surface area contributed by atoms with E-state index in [0.29, 0.717) is 44.0 Å². The molecule has 0 aliphatic rings. The average molecular weight is 421 g/mol. The van der Waals surface area contributed by atoms with Crippen molar-refractivity contribution in [3.05, 3.63) is 53.6 Å². The number of hydrogen-bond donors (Lipinski definition) is 1. The summed E-state index contributed by atoms with van der Waals surface area (Å²) in [6.45, 7) is 5.45. The molecular weight excluding hydrogens is 392 g/mol. The van der Waals surface area contributed by atoms with Crippen LogP contribution in [-0.2, 0) is 27.8 Å². The number of nitrogens with zero attached hydrogens (tertiary/aromatic N) is 1. The SMILES string of the molecule is CCOc1ccc(CN(CC)C(=O)CCc2ccc(S(N)(=O)=O)cc2)cc1OC. The highest BCUT2D eigenvalue weighted by Gasteiger charge is 2.14. The molecule has 8 heteroatoms. The number of amides is 1. The number of carbonyl (C=O) groups excluding carboxylic acids is 1. The number of aryl methyl sites for hydroxylation is 1. The third kappa shape index (κ3) is 6.47. The lowest BCUT2D eigenvalue weighted by Crippen LogP contribution is -2.30. The van der Waals surface area contributed by atoms with E-state index < -0.39 is 10.0 Å². The predicted molar refractivity (Wildman–Crippen MR) is 111 cm³/mol. The van der Waals surface area contributed by atoms with Gasteiger partial charge in [0.15, 0.2) is 11.5 Å². The first-order chi connectivity index (χ1) is 13.8. The molecule has 0 aromatic heterocycles. The molecule has 0 saturated carbocycles. The van der Waals surface area contributed by atoms with Gasteiger partial charge in [0.25, 0.3) is 0 Å². The van der Waals surface area contributed by atoms with E-state index in [1.807, 2.05) is 32.0 Å². The molecule has 1 amide bonds. The fourth-order valence-electron chi connectivity index (χ4n) is 2.94. The van der Waals surface area contributed by atoms with Gasteiger partial charge in [-0.05, 0) is 55.7 Å². The van der Waals surface area contributed by atoms with Gasteiger partial charge in [-0.25, -0.2) is 13.6 Å². The monoisotopic (exact) mass is 420 g/mol. The summed E-state index contributed by atoms with van der Waals surface area (Å²) in [5.41, 5.74) is 1.84. The lowest BCUT2D eigenvalue weighted by Gasteiger charge is -2.22. The van der Waals surface area contributed by atoms with Crippen molar-refractivity contribution in [1.29, 1.82) is 0 Å². The van der Waals surface area contributed by atoms with Crippen LogP contribution in [0.15, 0.2) is 47.4 Å². The van der Waals surface area contributed by atoms with Crippen LogP contribution in [0, 0.1) is 0 Å². The Morgan fingerprint density at radius 1 is 1.03 bits per heavy atom. The minimum atomic E-state index is -3.71. The molecule has 0 atom stereocenters. The average Bonchev–Trinajstić information content (AvgIpc) is 2.71. The maximum absolute atomic E-state index is 12.7. The van der Waals surface area contributed by atoms with E-state index in [1.165, 1.54) is 12.1 Å². The molecule has 0 unspecified atom stereocenters. The van der Waals surface area contributed by atoms with Crippen molar-refractivity contribution in [1.82, 2.24) is 4.90 Å². The topological polar surface area (TPSA) is 98.9 Å². The first kappa shape index (κ1) is 22.7. The minimum Gasteiger partial charge on any atom is -0.493 e. The summed E-state index contributed by atoms with van der Waals surface area (Å²) in [5, 5.41) is 5.10. The van der Waals surface area contributed by atoms with Gasteiger partial charge in [0.05, 0.1) is 18.6 Å². The lowest BCUT2D eigenvalue weighted by atomic mass is 10.1. The van der Waals surface area contributed by atoms with Crippen LogP contribution in [0.4, 0.5) is 0 Å². The molecule has 7 nitrogen and oxygen atoms in total. The van der Waals surface area contributed by atoms with Gasteiger partial charge in [0, 0.05) is 19.5 Å². The Morgan fingerprint density at radius 2 is 1.69 bits per heavy atom. The van der Waals surface area contributed by atoms with Crippen LogP contribution in [-0.4, -0.2) is 39.5 Å². The molecule has 2 aromatic rings. The fraction of sp³-hybridized carbons (Fsp3) is 0.381. The zero-order valence-electron chi connectivity index (χ0n) is 17.1. The van der Waals surface area contributed by atoms with Crippen LogP contribution in [0.3, 0.4) is 0 Å². The summed E-state index contributed by atoms with van der Waals surface area (Å²) >= 11 is 0. The normalized spacial score (nSPS) is 11.2. The molecule has 0 spiro atoms. The second-order valence-corrected chi connectivity index (χ2v) is 8.08. The first-order valence-electron chi connectivity index (χ1n) is 9.47. The van der Waals surface area contributed by atoms with Gasteiger partial charge in [0.2, 0.25) is 15.9 Å². The van der Waals surface area contributed by atoms with Gasteiger partial charge in [0.1, 0.15) is 0 Å². The molecule has 2 aromatic carbocycles. The maximum Gasteiger partial charge on any atom is 0.238 e.